The second-order valence-electron chi connectivity index (χ2n) is 5.17. The average molecular weight is 225 g/mol. The monoisotopic (exact) mass is 225 g/mol. The fourth-order valence-electron chi connectivity index (χ4n) is 2.82. The standard InChI is InChI=1S/C12H23N3O/c13-11-5-1-3-9(11)7-12(16)15-10-4-2-6-14-8-10/h9-11,14H,1-8,13H2,(H,15,16)/t9-,10-,11+/m0/s1. The summed E-state index contributed by atoms with van der Waals surface area (Å²) in [4.78, 5) is 11.8. The second-order valence-corrected chi connectivity index (χ2v) is 5.17. The van der Waals surface area contributed by atoms with E-state index in [2.05, 4.69) is 10.6 Å². The van der Waals surface area contributed by atoms with E-state index in [0.29, 0.717) is 18.4 Å². The molecule has 0 aromatic rings. The molecule has 1 aliphatic carbocycles. The van der Waals surface area contributed by atoms with E-state index >= 15 is 0 Å². The van der Waals surface area contributed by atoms with Crippen LogP contribution in [0, 0.1) is 5.92 Å². The smallest absolute Gasteiger partial charge is 0.220 e. The van der Waals surface area contributed by atoms with Gasteiger partial charge in [-0.2, -0.15) is 0 Å². The zero-order valence-corrected chi connectivity index (χ0v) is 9.87. The summed E-state index contributed by atoms with van der Waals surface area (Å²) in [6.07, 6.45) is 6.28. The fraction of sp³-hybridized carbons (Fsp3) is 0.917. The maximum atomic E-state index is 11.8. The summed E-state index contributed by atoms with van der Waals surface area (Å²) in [6, 6.07) is 0.578. The molecule has 0 aromatic heterocycles. The Kier molecular flexibility index (Phi) is 4.18. The van der Waals surface area contributed by atoms with Crippen LogP contribution in [-0.4, -0.2) is 31.1 Å². The first kappa shape index (κ1) is 11.9. The maximum absolute atomic E-state index is 11.8. The van der Waals surface area contributed by atoms with Crippen molar-refractivity contribution in [3.8, 4) is 0 Å². The Balaban J connectivity index is 1.70. The van der Waals surface area contributed by atoms with Crippen LogP contribution in [0.15, 0.2) is 0 Å². The minimum atomic E-state index is 0.191. The molecule has 0 aromatic carbocycles. The number of hydrogen-bond acceptors (Lipinski definition) is 3. The van der Waals surface area contributed by atoms with Gasteiger partial charge >= 0.3 is 0 Å². The number of rotatable bonds is 3. The van der Waals surface area contributed by atoms with Crippen LogP contribution in [0.3, 0.4) is 0 Å². The lowest BCUT2D eigenvalue weighted by atomic mass is 9.99. The Morgan fingerprint density at radius 1 is 1.31 bits per heavy atom. The van der Waals surface area contributed by atoms with Gasteiger partial charge in [0.2, 0.25) is 5.91 Å². The van der Waals surface area contributed by atoms with Crippen LogP contribution in [0.25, 0.3) is 0 Å². The van der Waals surface area contributed by atoms with E-state index < -0.39 is 0 Å². The summed E-state index contributed by atoms with van der Waals surface area (Å²) < 4.78 is 0. The van der Waals surface area contributed by atoms with Gasteiger partial charge in [0, 0.05) is 25.0 Å². The maximum Gasteiger partial charge on any atom is 0.220 e. The van der Waals surface area contributed by atoms with Crippen molar-refractivity contribution in [3.63, 3.8) is 0 Å². The molecule has 1 saturated carbocycles. The van der Waals surface area contributed by atoms with E-state index in [1.165, 1.54) is 6.42 Å². The van der Waals surface area contributed by atoms with E-state index in [-0.39, 0.29) is 11.9 Å². The predicted molar refractivity (Wildman–Crippen MR) is 64.0 cm³/mol. The molecule has 4 N–H and O–H groups in total. The number of amides is 1. The first-order valence-corrected chi connectivity index (χ1v) is 6.51. The van der Waals surface area contributed by atoms with Gasteiger partial charge in [-0.15, -0.1) is 0 Å². The first-order chi connectivity index (χ1) is 7.75. The summed E-state index contributed by atoms with van der Waals surface area (Å²) in [5, 5.41) is 6.41. The van der Waals surface area contributed by atoms with Gasteiger partial charge in [0.15, 0.2) is 0 Å². The quantitative estimate of drug-likeness (QED) is 0.650. The van der Waals surface area contributed by atoms with Gasteiger partial charge in [0.05, 0.1) is 0 Å². The number of carbonyl (C=O) groups is 1. The summed E-state index contributed by atoms with van der Waals surface area (Å²) in [5.41, 5.74) is 5.97. The molecule has 16 heavy (non-hydrogen) atoms. The van der Waals surface area contributed by atoms with Crippen molar-refractivity contribution in [1.29, 1.82) is 0 Å². The highest BCUT2D eigenvalue weighted by atomic mass is 16.1. The molecule has 3 atom stereocenters. The third-order valence-corrected chi connectivity index (χ3v) is 3.83. The van der Waals surface area contributed by atoms with Gasteiger partial charge in [0.1, 0.15) is 0 Å². The molecule has 4 nitrogen and oxygen atoms in total. The summed E-state index contributed by atoms with van der Waals surface area (Å²) in [6.45, 7) is 2.00. The lowest BCUT2D eigenvalue weighted by molar-refractivity contribution is -0.122. The molecule has 0 unspecified atom stereocenters. The molecular weight excluding hydrogens is 202 g/mol. The van der Waals surface area contributed by atoms with Gasteiger partial charge in [-0.1, -0.05) is 6.42 Å². The molecule has 92 valence electrons. The second kappa shape index (κ2) is 5.64. The van der Waals surface area contributed by atoms with Gasteiger partial charge in [-0.25, -0.2) is 0 Å². The average Bonchev–Trinajstić information content (AvgIpc) is 2.66. The van der Waals surface area contributed by atoms with Crippen molar-refractivity contribution in [2.45, 2.75) is 50.6 Å². The minimum absolute atomic E-state index is 0.191. The molecule has 1 heterocycles. The lowest BCUT2D eigenvalue weighted by Gasteiger charge is -2.25. The summed E-state index contributed by atoms with van der Waals surface area (Å²) in [5.74, 6) is 0.604. The molecule has 2 rings (SSSR count). The molecule has 2 aliphatic rings. The van der Waals surface area contributed by atoms with Crippen LogP contribution < -0.4 is 16.4 Å². The minimum Gasteiger partial charge on any atom is -0.352 e. The normalized spacial score (nSPS) is 34.9. The number of hydrogen-bond donors (Lipinski definition) is 3. The SMILES string of the molecule is N[C@@H]1CCC[C@H]1CC(=O)N[C@H]1CCCNC1. The third kappa shape index (κ3) is 3.19. The molecule has 0 bridgehead atoms. The topological polar surface area (TPSA) is 67.2 Å². The zero-order valence-electron chi connectivity index (χ0n) is 9.87. The van der Waals surface area contributed by atoms with Crippen molar-refractivity contribution in [2.75, 3.05) is 13.1 Å². The van der Waals surface area contributed by atoms with E-state index in [9.17, 15) is 4.79 Å². The van der Waals surface area contributed by atoms with E-state index in [4.69, 9.17) is 5.73 Å². The number of nitrogens with one attached hydrogen (secondary N) is 2. The van der Waals surface area contributed by atoms with Crippen molar-refractivity contribution in [3.05, 3.63) is 0 Å². The highest BCUT2D eigenvalue weighted by Crippen LogP contribution is 2.26. The van der Waals surface area contributed by atoms with Crippen LogP contribution in [-0.2, 0) is 4.79 Å². The Labute approximate surface area is 97.3 Å². The molecule has 0 spiro atoms. The molecular formula is C12H23N3O. The number of carbonyl (C=O) groups excluding carboxylic acids is 1. The molecule has 1 aliphatic heterocycles. The van der Waals surface area contributed by atoms with Crippen molar-refractivity contribution in [2.24, 2.45) is 11.7 Å². The van der Waals surface area contributed by atoms with E-state index in [0.717, 1.165) is 38.8 Å². The van der Waals surface area contributed by atoms with Crippen molar-refractivity contribution < 1.29 is 4.79 Å². The highest BCUT2D eigenvalue weighted by Gasteiger charge is 2.26. The van der Waals surface area contributed by atoms with Gasteiger partial charge in [-0.3, -0.25) is 4.79 Å². The van der Waals surface area contributed by atoms with Gasteiger partial charge < -0.3 is 16.4 Å². The third-order valence-electron chi connectivity index (χ3n) is 3.83. The Hall–Kier alpha value is -0.610. The molecule has 1 amide bonds. The highest BCUT2D eigenvalue weighted by molar-refractivity contribution is 5.76. The largest absolute Gasteiger partial charge is 0.352 e. The van der Waals surface area contributed by atoms with Crippen molar-refractivity contribution >= 4 is 5.91 Å². The zero-order chi connectivity index (χ0) is 11.4. The Morgan fingerprint density at radius 3 is 2.81 bits per heavy atom. The van der Waals surface area contributed by atoms with Gasteiger partial charge in [0.25, 0.3) is 0 Å². The summed E-state index contributed by atoms with van der Waals surface area (Å²) >= 11 is 0. The first-order valence-electron chi connectivity index (χ1n) is 6.51. The molecule has 4 heteroatoms. The van der Waals surface area contributed by atoms with Gasteiger partial charge in [-0.05, 0) is 38.1 Å². The van der Waals surface area contributed by atoms with Crippen LogP contribution in [0.5, 0.6) is 0 Å². The number of piperidine rings is 1. The van der Waals surface area contributed by atoms with Crippen LogP contribution >= 0.6 is 0 Å². The van der Waals surface area contributed by atoms with E-state index in [1.54, 1.807) is 0 Å². The molecule has 2 fully saturated rings. The molecule has 0 radical (unpaired) electrons. The fourth-order valence-corrected chi connectivity index (χ4v) is 2.82. The lowest BCUT2D eigenvalue weighted by Crippen LogP contribution is -2.46. The Morgan fingerprint density at radius 2 is 2.19 bits per heavy atom. The number of nitrogens with two attached hydrogens (primary N) is 1. The van der Waals surface area contributed by atoms with Crippen molar-refractivity contribution in [1.82, 2.24) is 10.6 Å². The van der Waals surface area contributed by atoms with Crippen LogP contribution in [0.1, 0.15) is 38.5 Å². The molecule has 1 saturated heterocycles. The van der Waals surface area contributed by atoms with Crippen LogP contribution in [0.2, 0.25) is 0 Å². The Bertz CT molecular complexity index is 238. The van der Waals surface area contributed by atoms with E-state index in [1.807, 2.05) is 0 Å². The summed E-state index contributed by atoms with van der Waals surface area (Å²) in [7, 11) is 0. The predicted octanol–water partition coefficient (Wildman–Crippen LogP) is 0.372. The van der Waals surface area contributed by atoms with Crippen LogP contribution in [0.4, 0.5) is 0 Å².